The monoisotopic (exact) mass is 228 g/mol. The minimum Gasteiger partial charge on any atom is -0.392 e. The summed E-state index contributed by atoms with van der Waals surface area (Å²) in [7, 11) is 0. The topological polar surface area (TPSA) is 35.5 Å². The van der Waals surface area contributed by atoms with E-state index < -0.39 is 0 Å². The number of piperidine rings is 1. The van der Waals surface area contributed by atoms with Crippen molar-refractivity contribution < 1.29 is 5.11 Å². The first-order valence-electron chi connectivity index (χ1n) is 6.87. The smallest absolute Gasteiger partial charge is 0.0664 e. The van der Waals surface area contributed by atoms with E-state index in [0.29, 0.717) is 0 Å². The Bertz CT molecular complexity index is 169. The molecule has 1 aliphatic heterocycles. The van der Waals surface area contributed by atoms with E-state index in [1.165, 1.54) is 38.9 Å². The third-order valence-corrected chi connectivity index (χ3v) is 3.46. The zero-order valence-electron chi connectivity index (χ0n) is 10.9. The van der Waals surface area contributed by atoms with Crippen molar-refractivity contribution in [3.8, 4) is 0 Å². The molecule has 0 radical (unpaired) electrons. The number of hydrogen-bond donors (Lipinski definition) is 2. The summed E-state index contributed by atoms with van der Waals surface area (Å²) < 4.78 is 0. The average Bonchev–Trinajstić information content (AvgIpc) is 2.30. The van der Waals surface area contributed by atoms with Crippen LogP contribution in [0.3, 0.4) is 0 Å². The number of aliphatic hydroxyl groups is 1. The van der Waals surface area contributed by atoms with Crippen LogP contribution < -0.4 is 5.32 Å². The summed E-state index contributed by atoms with van der Waals surface area (Å²) in [6, 6.07) is 0. The minimum atomic E-state index is -0.145. The SMILES string of the molecule is CCCN(CC(O)CC)CC1CCNCC1. The standard InChI is InChI=1S/C13H28N2O/c1-3-9-15(11-13(16)4-2)10-12-5-7-14-8-6-12/h12-14,16H,3-11H2,1-2H3. The van der Waals surface area contributed by atoms with Gasteiger partial charge in [-0.05, 0) is 51.2 Å². The summed E-state index contributed by atoms with van der Waals surface area (Å²) in [5, 5.41) is 13.1. The van der Waals surface area contributed by atoms with Gasteiger partial charge in [0, 0.05) is 13.1 Å². The number of aliphatic hydroxyl groups excluding tert-OH is 1. The minimum absolute atomic E-state index is 0.145. The van der Waals surface area contributed by atoms with Gasteiger partial charge in [0.05, 0.1) is 6.10 Å². The Hall–Kier alpha value is -0.120. The van der Waals surface area contributed by atoms with Crippen LogP contribution in [0.1, 0.15) is 39.5 Å². The molecule has 1 heterocycles. The van der Waals surface area contributed by atoms with Crippen molar-refractivity contribution in [3.63, 3.8) is 0 Å². The molecule has 16 heavy (non-hydrogen) atoms. The van der Waals surface area contributed by atoms with Crippen LogP contribution in [0.5, 0.6) is 0 Å². The van der Waals surface area contributed by atoms with Crippen molar-refractivity contribution in [2.45, 2.75) is 45.6 Å². The average molecular weight is 228 g/mol. The van der Waals surface area contributed by atoms with Crippen LogP contribution in [-0.2, 0) is 0 Å². The highest BCUT2D eigenvalue weighted by atomic mass is 16.3. The van der Waals surface area contributed by atoms with E-state index in [1.54, 1.807) is 0 Å². The highest BCUT2D eigenvalue weighted by Gasteiger charge is 2.17. The molecule has 0 aromatic heterocycles. The first kappa shape index (κ1) is 13.9. The lowest BCUT2D eigenvalue weighted by Gasteiger charge is -2.31. The summed E-state index contributed by atoms with van der Waals surface area (Å²) >= 11 is 0. The first-order chi connectivity index (χ1) is 7.76. The fraction of sp³-hybridized carbons (Fsp3) is 1.00. The van der Waals surface area contributed by atoms with E-state index in [9.17, 15) is 5.11 Å². The van der Waals surface area contributed by atoms with Gasteiger partial charge in [-0.1, -0.05) is 13.8 Å². The van der Waals surface area contributed by atoms with Crippen LogP contribution in [-0.4, -0.2) is 48.8 Å². The Kier molecular flexibility index (Phi) is 7.01. The fourth-order valence-corrected chi connectivity index (χ4v) is 2.43. The van der Waals surface area contributed by atoms with E-state index in [2.05, 4.69) is 24.1 Å². The lowest BCUT2D eigenvalue weighted by molar-refractivity contribution is 0.0955. The number of nitrogens with one attached hydrogen (secondary N) is 1. The molecule has 1 aliphatic rings. The van der Waals surface area contributed by atoms with E-state index >= 15 is 0 Å². The van der Waals surface area contributed by atoms with Gasteiger partial charge < -0.3 is 15.3 Å². The van der Waals surface area contributed by atoms with Crippen LogP contribution >= 0.6 is 0 Å². The Morgan fingerprint density at radius 2 is 2.00 bits per heavy atom. The zero-order chi connectivity index (χ0) is 11.8. The Morgan fingerprint density at radius 1 is 1.31 bits per heavy atom. The molecule has 0 aromatic rings. The van der Waals surface area contributed by atoms with Gasteiger partial charge in [-0.25, -0.2) is 0 Å². The zero-order valence-corrected chi connectivity index (χ0v) is 10.9. The largest absolute Gasteiger partial charge is 0.392 e. The molecule has 0 spiro atoms. The first-order valence-corrected chi connectivity index (χ1v) is 6.87. The summed E-state index contributed by atoms with van der Waals surface area (Å²) in [6.45, 7) is 9.76. The molecule has 0 aliphatic carbocycles. The predicted molar refractivity (Wildman–Crippen MR) is 68.6 cm³/mol. The number of nitrogens with zero attached hydrogens (tertiary/aromatic N) is 1. The van der Waals surface area contributed by atoms with E-state index in [0.717, 1.165) is 25.4 Å². The Balaban J connectivity index is 2.30. The van der Waals surface area contributed by atoms with Gasteiger partial charge in [0.15, 0.2) is 0 Å². The Labute approximate surface area is 100 Å². The van der Waals surface area contributed by atoms with Crippen LogP contribution in [0.4, 0.5) is 0 Å². The molecule has 0 bridgehead atoms. The second-order valence-corrected chi connectivity index (χ2v) is 5.02. The molecular formula is C13H28N2O. The Morgan fingerprint density at radius 3 is 2.56 bits per heavy atom. The molecule has 1 rings (SSSR count). The molecule has 3 nitrogen and oxygen atoms in total. The fourth-order valence-electron chi connectivity index (χ4n) is 2.43. The summed E-state index contributed by atoms with van der Waals surface area (Å²) in [5.74, 6) is 0.830. The molecule has 1 atom stereocenters. The lowest BCUT2D eigenvalue weighted by Crippen LogP contribution is -2.39. The van der Waals surface area contributed by atoms with Crippen LogP contribution in [0, 0.1) is 5.92 Å². The summed E-state index contributed by atoms with van der Waals surface area (Å²) in [4.78, 5) is 2.45. The molecule has 96 valence electrons. The van der Waals surface area contributed by atoms with Crippen molar-refractivity contribution in [1.29, 1.82) is 0 Å². The molecule has 3 heteroatoms. The molecule has 0 aromatic carbocycles. The van der Waals surface area contributed by atoms with Crippen LogP contribution in [0.2, 0.25) is 0 Å². The maximum absolute atomic E-state index is 9.73. The van der Waals surface area contributed by atoms with Gasteiger partial charge in [-0.2, -0.15) is 0 Å². The maximum atomic E-state index is 9.73. The van der Waals surface area contributed by atoms with E-state index in [1.807, 2.05) is 0 Å². The van der Waals surface area contributed by atoms with Gasteiger partial charge in [0.2, 0.25) is 0 Å². The quantitative estimate of drug-likeness (QED) is 0.692. The van der Waals surface area contributed by atoms with Gasteiger partial charge in [0.1, 0.15) is 0 Å². The van der Waals surface area contributed by atoms with Crippen molar-refractivity contribution in [2.24, 2.45) is 5.92 Å². The van der Waals surface area contributed by atoms with Crippen molar-refractivity contribution in [1.82, 2.24) is 10.2 Å². The van der Waals surface area contributed by atoms with Gasteiger partial charge in [0.25, 0.3) is 0 Å². The molecule has 1 unspecified atom stereocenters. The predicted octanol–water partition coefficient (Wildman–Crippen LogP) is 1.47. The van der Waals surface area contributed by atoms with E-state index in [4.69, 9.17) is 0 Å². The molecule has 1 saturated heterocycles. The van der Waals surface area contributed by atoms with E-state index in [-0.39, 0.29) is 6.10 Å². The molecule has 0 amide bonds. The number of rotatable bonds is 7. The summed E-state index contributed by atoms with van der Waals surface area (Å²) in [6.07, 6.45) is 4.49. The van der Waals surface area contributed by atoms with Crippen LogP contribution in [0.25, 0.3) is 0 Å². The molecule has 2 N–H and O–H groups in total. The lowest BCUT2D eigenvalue weighted by atomic mass is 9.97. The van der Waals surface area contributed by atoms with Gasteiger partial charge >= 0.3 is 0 Å². The van der Waals surface area contributed by atoms with Crippen molar-refractivity contribution >= 4 is 0 Å². The molecular weight excluding hydrogens is 200 g/mol. The van der Waals surface area contributed by atoms with Crippen molar-refractivity contribution in [3.05, 3.63) is 0 Å². The highest BCUT2D eigenvalue weighted by Crippen LogP contribution is 2.14. The second-order valence-electron chi connectivity index (χ2n) is 5.02. The third kappa shape index (κ3) is 5.28. The van der Waals surface area contributed by atoms with Gasteiger partial charge in [-0.15, -0.1) is 0 Å². The number of hydrogen-bond acceptors (Lipinski definition) is 3. The molecule has 0 saturated carbocycles. The summed E-state index contributed by atoms with van der Waals surface area (Å²) in [5.41, 5.74) is 0. The highest BCUT2D eigenvalue weighted by molar-refractivity contribution is 4.73. The van der Waals surface area contributed by atoms with Gasteiger partial charge in [-0.3, -0.25) is 0 Å². The third-order valence-electron chi connectivity index (χ3n) is 3.46. The van der Waals surface area contributed by atoms with Crippen molar-refractivity contribution in [2.75, 3.05) is 32.7 Å². The second kappa shape index (κ2) is 8.04. The molecule has 1 fully saturated rings. The maximum Gasteiger partial charge on any atom is 0.0664 e. The van der Waals surface area contributed by atoms with Crippen LogP contribution in [0.15, 0.2) is 0 Å². The normalized spacial score (nSPS) is 20.2.